The predicted molar refractivity (Wildman–Crippen MR) is 50.6 cm³/mol. The van der Waals surface area contributed by atoms with Crippen LogP contribution in [0.3, 0.4) is 0 Å². The number of hydrogen-bond acceptors (Lipinski definition) is 2. The number of hydrogen-bond donors (Lipinski definition) is 1. The zero-order valence-electron chi connectivity index (χ0n) is 7.67. The van der Waals surface area contributed by atoms with Crippen LogP contribution in [0, 0.1) is 6.92 Å². The Morgan fingerprint density at radius 2 is 2.54 bits per heavy atom. The maximum atomic E-state index is 11.4. The lowest BCUT2D eigenvalue weighted by Gasteiger charge is -2.00. The van der Waals surface area contributed by atoms with Crippen LogP contribution >= 0.6 is 0 Å². The lowest BCUT2D eigenvalue weighted by molar-refractivity contribution is 0.0926. The summed E-state index contributed by atoms with van der Waals surface area (Å²) in [7, 11) is 0. The van der Waals surface area contributed by atoms with Crippen molar-refractivity contribution in [1.29, 1.82) is 0 Å². The van der Waals surface area contributed by atoms with Crippen molar-refractivity contribution >= 4 is 5.91 Å². The number of aryl methyl sites for hydroxylation is 1. The van der Waals surface area contributed by atoms with E-state index in [9.17, 15) is 4.79 Å². The molecule has 0 aromatic carbocycles. The maximum Gasteiger partial charge on any atom is 0.287 e. The molecule has 3 heteroatoms. The van der Waals surface area contributed by atoms with Crippen molar-refractivity contribution in [2.75, 3.05) is 6.54 Å². The fourth-order valence-electron chi connectivity index (χ4n) is 0.973. The maximum absolute atomic E-state index is 11.4. The fourth-order valence-corrected chi connectivity index (χ4v) is 0.973. The Kier molecular flexibility index (Phi) is 3.31. The van der Waals surface area contributed by atoms with Crippen molar-refractivity contribution in [1.82, 2.24) is 5.32 Å². The Labute approximate surface area is 77.4 Å². The molecule has 70 valence electrons. The van der Waals surface area contributed by atoms with E-state index in [4.69, 9.17) is 4.42 Å². The van der Waals surface area contributed by atoms with Gasteiger partial charge in [0.25, 0.3) is 5.91 Å². The number of carbonyl (C=O) groups is 1. The van der Waals surface area contributed by atoms with Gasteiger partial charge in [-0.05, 0) is 19.4 Å². The molecule has 0 spiro atoms. The number of amides is 1. The van der Waals surface area contributed by atoms with Crippen molar-refractivity contribution in [3.05, 3.63) is 36.3 Å². The Morgan fingerprint density at radius 3 is 3.08 bits per heavy atom. The Hall–Kier alpha value is -1.51. The molecule has 0 aliphatic carbocycles. The smallest absolute Gasteiger partial charge is 0.287 e. The second-order valence-corrected chi connectivity index (χ2v) is 2.77. The van der Waals surface area contributed by atoms with Crippen molar-refractivity contribution in [2.45, 2.75) is 13.3 Å². The highest BCUT2D eigenvalue weighted by atomic mass is 16.3. The molecule has 1 N–H and O–H groups in total. The molecule has 3 nitrogen and oxygen atoms in total. The Morgan fingerprint density at radius 1 is 1.77 bits per heavy atom. The molecule has 0 unspecified atom stereocenters. The standard InChI is InChI=1S/C10H13NO2/c1-3-4-6-11-10(12)9-8(2)5-7-13-9/h3,5,7H,1,4,6H2,2H3,(H,11,12). The lowest BCUT2D eigenvalue weighted by atomic mass is 10.2. The summed E-state index contributed by atoms with van der Waals surface area (Å²) in [5.74, 6) is 0.230. The Bertz CT molecular complexity index is 302. The molecule has 0 atom stereocenters. The third-order valence-electron chi connectivity index (χ3n) is 1.70. The van der Waals surface area contributed by atoms with Gasteiger partial charge in [0, 0.05) is 12.1 Å². The van der Waals surface area contributed by atoms with Gasteiger partial charge in [-0.25, -0.2) is 0 Å². The SMILES string of the molecule is C=CCCNC(=O)c1occc1C. The molecule has 1 aromatic rings. The summed E-state index contributed by atoms with van der Waals surface area (Å²) in [5, 5.41) is 2.72. The highest BCUT2D eigenvalue weighted by Crippen LogP contribution is 2.07. The molecule has 0 fully saturated rings. The predicted octanol–water partition coefficient (Wildman–Crippen LogP) is 1.89. The molecule has 1 rings (SSSR count). The number of nitrogens with one attached hydrogen (secondary N) is 1. The van der Waals surface area contributed by atoms with Gasteiger partial charge in [0.1, 0.15) is 0 Å². The van der Waals surface area contributed by atoms with Gasteiger partial charge >= 0.3 is 0 Å². The molecule has 1 heterocycles. The normalized spacial score (nSPS) is 9.62. The highest BCUT2D eigenvalue weighted by Gasteiger charge is 2.10. The number of rotatable bonds is 4. The third kappa shape index (κ3) is 2.47. The first kappa shape index (κ1) is 9.58. The van der Waals surface area contributed by atoms with Crippen LogP contribution in [0.5, 0.6) is 0 Å². The van der Waals surface area contributed by atoms with Crippen LogP contribution in [0.4, 0.5) is 0 Å². The van der Waals surface area contributed by atoms with Gasteiger partial charge in [-0.3, -0.25) is 4.79 Å². The van der Waals surface area contributed by atoms with E-state index in [0.717, 1.165) is 12.0 Å². The molecular weight excluding hydrogens is 166 g/mol. The minimum absolute atomic E-state index is 0.163. The molecule has 1 amide bonds. The zero-order valence-corrected chi connectivity index (χ0v) is 7.67. The van der Waals surface area contributed by atoms with Gasteiger partial charge in [-0.15, -0.1) is 6.58 Å². The second kappa shape index (κ2) is 4.50. The molecule has 0 bridgehead atoms. The largest absolute Gasteiger partial charge is 0.459 e. The van der Waals surface area contributed by atoms with E-state index < -0.39 is 0 Å². The topological polar surface area (TPSA) is 42.2 Å². The molecule has 0 saturated heterocycles. The van der Waals surface area contributed by atoms with Crippen molar-refractivity contribution in [3.8, 4) is 0 Å². The van der Waals surface area contributed by atoms with E-state index in [1.165, 1.54) is 6.26 Å². The summed E-state index contributed by atoms with van der Waals surface area (Å²) < 4.78 is 5.02. The van der Waals surface area contributed by atoms with Crippen LogP contribution < -0.4 is 5.32 Å². The second-order valence-electron chi connectivity index (χ2n) is 2.77. The van der Waals surface area contributed by atoms with E-state index in [1.807, 2.05) is 6.92 Å². The summed E-state index contributed by atoms with van der Waals surface area (Å²) in [6.45, 7) is 6.00. The highest BCUT2D eigenvalue weighted by molar-refractivity contribution is 5.92. The van der Waals surface area contributed by atoms with E-state index >= 15 is 0 Å². The summed E-state index contributed by atoms with van der Waals surface area (Å²) in [5.41, 5.74) is 0.858. The van der Waals surface area contributed by atoms with Crippen molar-refractivity contribution in [2.24, 2.45) is 0 Å². The summed E-state index contributed by atoms with van der Waals surface area (Å²) >= 11 is 0. The molecule has 13 heavy (non-hydrogen) atoms. The summed E-state index contributed by atoms with van der Waals surface area (Å²) in [4.78, 5) is 11.4. The molecule has 1 aromatic heterocycles. The lowest BCUT2D eigenvalue weighted by Crippen LogP contribution is -2.24. The number of furan rings is 1. The van der Waals surface area contributed by atoms with E-state index in [-0.39, 0.29) is 5.91 Å². The molecule has 0 saturated carbocycles. The third-order valence-corrected chi connectivity index (χ3v) is 1.70. The van der Waals surface area contributed by atoms with Gasteiger partial charge in [0.2, 0.25) is 0 Å². The average Bonchev–Trinajstić information content (AvgIpc) is 2.52. The van der Waals surface area contributed by atoms with E-state index in [2.05, 4.69) is 11.9 Å². The minimum atomic E-state index is -0.163. The first-order valence-corrected chi connectivity index (χ1v) is 4.19. The first-order chi connectivity index (χ1) is 6.25. The zero-order chi connectivity index (χ0) is 9.68. The van der Waals surface area contributed by atoms with Gasteiger partial charge in [-0.2, -0.15) is 0 Å². The first-order valence-electron chi connectivity index (χ1n) is 4.19. The van der Waals surface area contributed by atoms with Crippen LogP contribution in [-0.4, -0.2) is 12.5 Å². The van der Waals surface area contributed by atoms with Crippen LogP contribution in [0.1, 0.15) is 22.5 Å². The van der Waals surface area contributed by atoms with E-state index in [0.29, 0.717) is 12.3 Å². The molecular formula is C10H13NO2. The van der Waals surface area contributed by atoms with Crippen LogP contribution in [-0.2, 0) is 0 Å². The minimum Gasteiger partial charge on any atom is -0.459 e. The summed E-state index contributed by atoms with van der Waals surface area (Å²) in [6.07, 6.45) is 4.04. The molecule has 0 radical (unpaired) electrons. The molecule has 0 aliphatic rings. The van der Waals surface area contributed by atoms with Gasteiger partial charge < -0.3 is 9.73 Å². The van der Waals surface area contributed by atoms with Crippen LogP contribution in [0.2, 0.25) is 0 Å². The molecule has 0 aliphatic heterocycles. The fraction of sp³-hybridized carbons (Fsp3) is 0.300. The average molecular weight is 179 g/mol. The monoisotopic (exact) mass is 179 g/mol. The van der Waals surface area contributed by atoms with E-state index in [1.54, 1.807) is 12.1 Å². The quantitative estimate of drug-likeness (QED) is 0.566. The van der Waals surface area contributed by atoms with Crippen LogP contribution in [0.15, 0.2) is 29.4 Å². The van der Waals surface area contributed by atoms with Crippen LogP contribution in [0.25, 0.3) is 0 Å². The van der Waals surface area contributed by atoms with Gasteiger partial charge in [-0.1, -0.05) is 6.08 Å². The van der Waals surface area contributed by atoms with Crippen molar-refractivity contribution < 1.29 is 9.21 Å². The Balaban J connectivity index is 2.49. The van der Waals surface area contributed by atoms with Crippen molar-refractivity contribution in [3.63, 3.8) is 0 Å². The summed E-state index contributed by atoms with van der Waals surface area (Å²) in [6, 6.07) is 1.77. The van der Waals surface area contributed by atoms with Gasteiger partial charge in [0.15, 0.2) is 5.76 Å². The number of carbonyl (C=O) groups excluding carboxylic acids is 1. The van der Waals surface area contributed by atoms with Gasteiger partial charge in [0.05, 0.1) is 6.26 Å².